The van der Waals surface area contributed by atoms with Gasteiger partial charge in [0.25, 0.3) is 19.4 Å². The highest BCUT2D eigenvalue weighted by Crippen LogP contribution is 2.36. The molecule has 0 aliphatic rings. The van der Waals surface area contributed by atoms with E-state index in [9.17, 15) is 14.4 Å². The molecule has 11 heteroatoms. The third kappa shape index (κ3) is 5.42. The highest BCUT2D eigenvalue weighted by atomic mass is 32.1. The zero-order valence-corrected chi connectivity index (χ0v) is 20.4. The van der Waals surface area contributed by atoms with Crippen LogP contribution in [0.2, 0.25) is 0 Å². The molecule has 0 N–H and O–H groups in total. The Morgan fingerprint density at radius 2 is 1.05 bits per heavy atom. The fourth-order valence-electron chi connectivity index (χ4n) is 3.51. The summed E-state index contributed by atoms with van der Waals surface area (Å²) in [5, 5.41) is 0.957. The van der Waals surface area contributed by atoms with Gasteiger partial charge in [-0.2, -0.15) is 0 Å². The van der Waals surface area contributed by atoms with Crippen molar-refractivity contribution in [2.75, 3.05) is 0 Å². The van der Waals surface area contributed by atoms with Crippen LogP contribution in [0.3, 0.4) is 0 Å². The van der Waals surface area contributed by atoms with Crippen molar-refractivity contribution in [1.29, 1.82) is 0 Å². The van der Waals surface area contributed by atoms with E-state index in [-0.39, 0.29) is 5.75 Å². The SMILES string of the molecule is O=COc1cc(-c2cc(-c3ccc(OC=O)s3)ccn2)nc(-c2cc(-c3ccc(OC=O)s3)ccn2)c1. The molecule has 0 amide bonds. The predicted molar refractivity (Wildman–Crippen MR) is 137 cm³/mol. The molecule has 5 heterocycles. The molecule has 5 aromatic heterocycles. The smallest absolute Gasteiger partial charge is 0.299 e. The minimum atomic E-state index is 0.282. The number of nitrogens with zero attached hydrogens (tertiary/aromatic N) is 3. The van der Waals surface area contributed by atoms with E-state index in [1.807, 2.05) is 36.4 Å². The van der Waals surface area contributed by atoms with Crippen molar-refractivity contribution in [3.8, 4) is 59.5 Å². The van der Waals surface area contributed by atoms with Gasteiger partial charge in [-0.3, -0.25) is 24.4 Å². The maximum absolute atomic E-state index is 11.1. The Balaban J connectivity index is 1.53. The maximum Gasteiger partial charge on any atom is 0.299 e. The number of aromatic nitrogens is 3. The first-order valence-electron chi connectivity index (χ1n) is 10.6. The summed E-state index contributed by atoms with van der Waals surface area (Å²) in [6.45, 7) is 1.12. The molecule has 0 saturated carbocycles. The molecule has 5 aromatic rings. The molecule has 0 unspecified atom stereocenters. The maximum atomic E-state index is 11.1. The number of hydrogen-bond donors (Lipinski definition) is 0. The molecule has 9 nitrogen and oxygen atoms in total. The molecule has 182 valence electrons. The average Bonchev–Trinajstić information content (AvgIpc) is 3.60. The summed E-state index contributed by atoms with van der Waals surface area (Å²) < 4.78 is 15.0. The number of carbonyl (C=O) groups excluding carboxylic acids is 3. The standard InChI is InChI=1S/C26H15N3O6S2/c30-13-33-18-11-21(19-9-16(5-7-27-19)23-1-3-25(36-23)34-14-31)29-22(12-18)20-10-17(6-8-28-20)24-2-4-26(37-24)35-15-32/h1-15H. The average molecular weight is 530 g/mol. The summed E-state index contributed by atoms with van der Waals surface area (Å²) in [6.07, 6.45) is 3.29. The van der Waals surface area contributed by atoms with E-state index in [1.54, 1.807) is 36.7 Å². The number of pyridine rings is 3. The van der Waals surface area contributed by atoms with Crippen LogP contribution in [0.1, 0.15) is 0 Å². The summed E-state index contributed by atoms with van der Waals surface area (Å²) in [5.41, 5.74) is 3.75. The summed E-state index contributed by atoms with van der Waals surface area (Å²) >= 11 is 2.64. The largest absolute Gasteiger partial charge is 0.429 e. The molecule has 0 radical (unpaired) electrons. The molecule has 0 aromatic carbocycles. The van der Waals surface area contributed by atoms with Crippen molar-refractivity contribution >= 4 is 42.1 Å². The van der Waals surface area contributed by atoms with Gasteiger partial charge in [0.15, 0.2) is 10.1 Å². The number of hydrogen-bond acceptors (Lipinski definition) is 11. The van der Waals surface area contributed by atoms with Gasteiger partial charge in [0.05, 0.1) is 22.8 Å². The van der Waals surface area contributed by atoms with Crippen LogP contribution in [-0.4, -0.2) is 34.4 Å². The van der Waals surface area contributed by atoms with Crippen LogP contribution >= 0.6 is 22.7 Å². The predicted octanol–water partition coefficient (Wildman–Crippen LogP) is 5.27. The van der Waals surface area contributed by atoms with Crippen molar-refractivity contribution in [3.63, 3.8) is 0 Å². The second kappa shape index (κ2) is 10.9. The first-order valence-corrected chi connectivity index (χ1v) is 12.3. The van der Waals surface area contributed by atoms with Crippen molar-refractivity contribution in [2.45, 2.75) is 0 Å². The van der Waals surface area contributed by atoms with Gasteiger partial charge in [-0.1, -0.05) is 22.7 Å². The van der Waals surface area contributed by atoms with E-state index in [4.69, 9.17) is 19.2 Å². The van der Waals surface area contributed by atoms with Gasteiger partial charge in [-0.15, -0.1) is 0 Å². The number of thiophene rings is 2. The Morgan fingerprint density at radius 1 is 0.568 bits per heavy atom. The van der Waals surface area contributed by atoms with E-state index < -0.39 is 0 Å². The van der Waals surface area contributed by atoms with E-state index in [1.165, 1.54) is 22.7 Å². The quantitative estimate of drug-likeness (QED) is 0.223. The van der Waals surface area contributed by atoms with E-state index in [2.05, 4.69) is 9.97 Å². The second-order valence-electron chi connectivity index (χ2n) is 7.31. The third-order valence-electron chi connectivity index (χ3n) is 5.09. The van der Waals surface area contributed by atoms with Gasteiger partial charge >= 0.3 is 0 Å². The Labute approximate surface area is 218 Å². The zero-order chi connectivity index (χ0) is 25.6. The van der Waals surface area contributed by atoms with Crippen LogP contribution in [0, 0.1) is 0 Å². The van der Waals surface area contributed by atoms with Crippen LogP contribution < -0.4 is 14.2 Å². The highest BCUT2D eigenvalue weighted by molar-refractivity contribution is 7.17. The minimum absolute atomic E-state index is 0.282. The van der Waals surface area contributed by atoms with Gasteiger partial charge in [-0.05, 0) is 59.7 Å². The summed E-state index contributed by atoms with van der Waals surface area (Å²) in [7, 11) is 0. The monoisotopic (exact) mass is 529 g/mol. The highest BCUT2D eigenvalue weighted by Gasteiger charge is 2.13. The minimum Gasteiger partial charge on any atom is -0.429 e. The Bertz CT molecular complexity index is 1490. The van der Waals surface area contributed by atoms with E-state index >= 15 is 0 Å². The van der Waals surface area contributed by atoms with Crippen LogP contribution in [-0.2, 0) is 14.4 Å². The van der Waals surface area contributed by atoms with Crippen molar-refractivity contribution < 1.29 is 28.6 Å². The lowest BCUT2D eigenvalue weighted by atomic mass is 10.1. The van der Waals surface area contributed by atoms with Crippen LogP contribution in [0.4, 0.5) is 0 Å². The van der Waals surface area contributed by atoms with Gasteiger partial charge in [-0.25, -0.2) is 4.98 Å². The van der Waals surface area contributed by atoms with Crippen molar-refractivity contribution in [2.24, 2.45) is 0 Å². The topological polar surface area (TPSA) is 118 Å². The molecule has 0 aliphatic heterocycles. The molecular formula is C26H15N3O6S2. The van der Waals surface area contributed by atoms with Crippen LogP contribution in [0.15, 0.2) is 73.1 Å². The lowest BCUT2D eigenvalue weighted by molar-refractivity contribution is -0.121. The Hall–Kier alpha value is -4.74. The van der Waals surface area contributed by atoms with Crippen molar-refractivity contribution in [3.05, 3.63) is 73.1 Å². The molecule has 0 saturated heterocycles. The fourth-order valence-corrected chi connectivity index (χ4v) is 5.15. The first-order chi connectivity index (χ1) is 18.2. The number of rotatable bonds is 10. The lowest BCUT2D eigenvalue weighted by Crippen LogP contribution is -1.96. The van der Waals surface area contributed by atoms with Gasteiger partial charge in [0.1, 0.15) is 5.75 Å². The van der Waals surface area contributed by atoms with Crippen LogP contribution in [0.5, 0.6) is 15.9 Å². The molecule has 37 heavy (non-hydrogen) atoms. The molecule has 0 fully saturated rings. The fraction of sp³-hybridized carbons (Fsp3) is 0. The summed E-state index contributed by atoms with van der Waals surface area (Å²) in [6, 6.07) is 17.7. The Kier molecular flexibility index (Phi) is 7.06. The normalized spacial score (nSPS) is 10.5. The second-order valence-corrected chi connectivity index (χ2v) is 9.41. The van der Waals surface area contributed by atoms with E-state index in [0.717, 1.165) is 20.9 Å². The number of carbonyl (C=O) groups is 3. The zero-order valence-electron chi connectivity index (χ0n) is 18.8. The van der Waals surface area contributed by atoms with Crippen LogP contribution in [0.25, 0.3) is 43.7 Å². The molecular weight excluding hydrogens is 514 g/mol. The van der Waals surface area contributed by atoms with E-state index in [0.29, 0.717) is 52.3 Å². The lowest BCUT2D eigenvalue weighted by Gasteiger charge is -2.09. The molecule has 0 atom stereocenters. The Morgan fingerprint density at radius 3 is 1.51 bits per heavy atom. The first kappa shape index (κ1) is 24.0. The van der Waals surface area contributed by atoms with Gasteiger partial charge in [0, 0.05) is 34.3 Å². The van der Waals surface area contributed by atoms with Gasteiger partial charge in [0.2, 0.25) is 0 Å². The molecule has 0 aliphatic carbocycles. The summed E-state index contributed by atoms with van der Waals surface area (Å²) in [5.74, 6) is 0.282. The van der Waals surface area contributed by atoms with Crippen molar-refractivity contribution in [1.82, 2.24) is 15.0 Å². The molecule has 0 spiro atoms. The number of ether oxygens (including phenoxy) is 3. The molecule has 5 rings (SSSR count). The van der Waals surface area contributed by atoms with Gasteiger partial charge < -0.3 is 14.2 Å². The molecule has 0 bridgehead atoms. The summed E-state index contributed by atoms with van der Waals surface area (Å²) in [4.78, 5) is 47.8. The third-order valence-corrected chi connectivity index (χ3v) is 7.14.